The molecule has 178 valence electrons. The molecule has 3 aromatic rings. The van der Waals surface area contributed by atoms with Crippen LogP contribution >= 0.6 is 11.6 Å². The standard InChI is InChI=1S/C30H29ClN2O2/c1-17-7-10-20(11-8-17)32-33-26-18-13-23(29(2,3)4)27(34)24(14-18)30(5,6)16-22-21-15-19(31)9-12-25(21)35-28(22)26/h7-15H,16H2,1-6H3/b26-18+,33-32?. The van der Waals surface area contributed by atoms with Crippen molar-refractivity contribution in [1.82, 2.24) is 0 Å². The number of halogens is 1. The number of Topliss-reactive ketones (excluding diaryl/α,β-unsaturated/α-hetero) is 1. The number of hydrogen-bond donors (Lipinski definition) is 0. The molecule has 0 spiro atoms. The molecule has 35 heavy (non-hydrogen) atoms. The highest BCUT2D eigenvalue weighted by Gasteiger charge is 2.40. The summed E-state index contributed by atoms with van der Waals surface area (Å²) in [6.45, 7) is 12.5. The fourth-order valence-corrected chi connectivity index (χ4v) is 4.98. The van der Waals surface area contributed by atoms with E-state index in [-0.39, 0.29) is 11.2 Å². The predicted molar refractivity (Wildman–Crippen MR) is 142 cm³/mol. The SMILES string of the molecule is Cc1ccc(N=N/C2=C3\C=C(C(C)(C)C)C(=O)C(=C3)C(C)(C)Cc3c2oc2ccc(Cl)cc32)cc1. The first-order valence-corrected chi connectivity index (χ1v) is 12.2. The van der Waals surface area contributed by atoms with E-state index in [1.165, 1.54) is 0 Å². The minimum absolute atomic E-state index is 0.0929. The van der Waals surface area contributed by atoms with Crippen molar-refractivity contribution in [3.8, 4) is 0 Å². The third-order valence-corrected chi connectivity index (χ3v) is 7.02. The maximum Gasteiger partial charge on any atom is 0.186 e. The van der Waals surface area contributed by atoms with Crippen molar-refractivity contribution in [3.05, 3.63) is 93.2 Å². The Bertz CT molecular complexity index is 1490. The summed E-state index contributed by atoms with van der Waals surface area (Å²) in [5.41, 5.74) is 5.92. The number of hydrogen-bond acceptors (Lipinski definition) is 4. The Morgan fingerprint density at radius 1 is 1.00 bits per heavy atom. The molecule has 0 saturated heterocycles. The first kappa shape index (κ1) is 23.5. The number of fused-ring (bicyclic) bond motifs is 4. The van der Waals surface area contributed by atoms with Crippen LogP contribution in [0.4, 0.5) is 5.69 Å². The summed E-state index contributed by atoms with van der Waals surface area (Å²) >= 11 is 6.37. The van der Waals surface area contributed by atoms with Crippen molar-refractivity contribution in [2.24, 2.45) is 21.1 Å². The van der Waals surface area contributed by atoms with Crippen molar-refractivity contribution >= 4 is 39.7 Å². The van der Waals surface area contributed by atoms with Gasteiger partial charge in [-0.2, -0.15) is 5.11 Å². The molecule has 0 aliphatic heterocycles. The molecule has 2 aromatic carbocycles. The van der Waals surface area contributed by atoms with Crippen LogP contribution in [0.1, 0.15) is 51.5 Å². The Kier molecular flexibility index (Phi) is 5.48. The van der Waals surface area contributed by atoms with Gasteiger partial charge in [-0.25, -0.2) is 0 Å². The van der Waals surface area contributed by atoms with Crippen LogP contribution in [-0.2, 0) is 11.2 Å². The Hall–Kier alpha value is -3.24. The zero-order valence-electron chi connectivity index (χ0n) is 21.0. The van der Waals surface area contributed by atoms with Gasteiger partial charge >= 0.3 is 0 Å². The van der Waals surface area contributed by atoms with Crippen molar-refractivity contribution in [2.45, 2.75) is 48.0 Å². The molecular weight excluding hydrogens is 456 g/mol. The van der Waals surface area contributed by atoms with Crippen LogP contribution in [0, 0.1) is 17.8 Å². The number of nitrogens with zero attached hydrogens (tertiary/aromatic N) is 2. The fourth-order valence-electron chi connectivity index (χ4n) is 4.80. The minimum Gasteiger partial charge on any atom is -0.454 e. The molecule has 5 rings (SSSR count). The molecule has 2 aliphatic carbocycles. The Balaban J connectivity index is 1.83. The van der Waals surface area contributed by atoms with Gasteiger partial charge in [0.25, 0.3) is 0 Å². The van der Waals surface area contributed by atoms with Gasteiger partial charge in [-0.3, -0.25) is 4.79 Å². The van der Waals surface area contributed by atoms with Gasteiger partial charge in [-0.05, 0) is 66.7 Å². The number of rotatable bonds is 2. The average molecular weight is 485 g/mol. The number of furan rings is 1. The highest BCUT2D eigenvalue weighted by molar-refractivity contribution is 6.31. The molecule has 5 heteroatoms. The Morgan fingerprint density at radius 2 is 1.71 bits per heavy atom. The second kappa shape index (κ2) is 8.17. The molecule has 1 heterocycles. The lowest BCUT2D eigenvalue weighted by Gasteiger charge is -2.35. The van der Waals surface area contributed by atoms with Crippen molar-refractivity contribution < 1.29 is 9.21 Å². The smallest absolute Gasteiger partial charge is 0.186 e. The van der Waals surface area contributed by atoms with Gasteiger partial charge in [-0.15, -0.1) is 5.11 Å². The summed E-state index contributed by atoms with van der Waals surface area (Å²) in [5, 5.41) is 10.9. The van der Waals surface area contributed by atoms with Gasteiger partial charge in [0.2, 0.25) is 0 Å². The third-order valence-electron chi connectivity index (χ3n) is 6.79. The van der Waals surface area contributed by atoms with E-state index in [1.54, 1.807) is 0 Å². The van der Waals surface area contributed by atoms with Crippen LogP contribution in [0.3, 0.4) is 0 Å². The molecule has 0 fully saturated rings. The zero-order valence-corrected chi connectivity index (χ0v) is 21.7. The fraction of sp³-hybridized carbons (Fsp3) is 0.300. The minimum atomic E-state index is -0.416. The number of azo groups is 1. The zero-order chi connectivity index (χ0) is 25.1. The van der Waals surface area contributed by atoms with Crippen molar-refractivity contribution in [2.75, 3.05) is 0 Å². The number of carbonyl (C=O) groups is 1. The summed E-state index contributed by atoms with van der Waals surface area (Å²) < 4.78 is 6.42. The van der Waals surface area contributed by atoms with Crippen LogP contribution in [0.5, 0.6) is 0 Å². The largest absolute Gasteiger partial charge is 0.454 e. The molecule has 0 saturated carbocycles. The van der Waals surface area contributed by atoms with E-state index in [1.807, 2.05) is 61.5 Å². The monoisotopic (exact) mass is 484 g/mol. The number of carbonyl (C=O) groups excluding carboxylic acids is 1. The van der Waals surface area contributed by atoms with Gasteiger partial charge in [-0.1, -0.05) is 63.9 Å². The molecule has 0 atom stereocenters. The summed E-state index contributed by atoms with van der Waals surface area (Å²) in [6.07, 6.45) is 4.55. The highest BCUT2D eigenvalue weighted by Crippen LogP contribution is 2.47. The van der Waals surface area contributed by atoms with Gasteiger partial charge in [0.15, 0.2) is 11.5 Å². The van der Waals surface area contributed by atoms with E-state index in [2.05, 4.69) is 39.7 Å². The summed E-state index contributed by atoms with van der Waals surface area (Å²) in [6, 6.07) is 13.5. The molecule has 0 radical (unpaired) electrons. The first-order valence-electron chi connectivity index (χ1n) is 11.9. The normalized spacial score (nSPS) is 19.9. The van der Waals surface area contributed by atoms with Crippen LogP contribution in [-0.4, -0.2) is 5.78 Å². The number of aryl methyl sites for hydroxylation is 1. The van der Waals surface area contributed by atoms with Crippen molar-refractivity contribution in [1.29, 1.82) is 0 Å². The highest BCUT2D eigenvalue weighted by atomic mass is 35.5. The molecule has 2 bridgehead atoms. The van der Waals surface area contributed by atoms with Gasteiger partial charge in [0, 0.05) is 32.7 Å². The number of benzene rings is 2. The lowest BCUT2D eigenvalue weighted by atomic mass is 9.68. The maximum atomic E-state index is 13.7. The van der Waals surface area contributed by atoms with Gasteiger partial charge in [0.1, 0.15) is 11.3 Å². The molecule has 0 unspecified atom stereocenters. The second-order valence-electron chi connectivity index (χ2n) is 11.1. The number of allylic oxidation sites excluding steroid dienone is 5. The lowest BCUT2D eigenvalue weighted by Crippen LogP contribution is -2.31. The summed E-state index contributed by atoms with van der Waals surface area (Å²) in [7, 11) is 0. The molecule has 4 nitrogen and oxygen atoms in total. The third kappa shape index (κ3) is 4.21. The van der Waals surface area contributed by atoms with Crippen LogP contribution in [0.25, 0.3) is 16.7 Å². The van der Waals surface area contributed by atoms with E-state index < -0.39 is 5.41 Å². The molecule has 0 N–H and O–H groups in total. The molecular formula is C30H29ClN2O2. The topological polar surface area (TPSA) is 54.9 Å². The Morgan fingerprint density at radius 3 is 2.40 bits per heavy atom. The molecule has 2 aliphatic rings. The average Bonchev–Trinajstić information content (AvgIpc) is 3.10. The van der Waals surface area contributed by atoms with Gasteiger partial charge in [0.05, 0.1) is 5.69 Å². The number of ketones is 1. The van der Waals surface area contributed by atoms with Gasteiger partial charge < -0.3 is 4.42 Å². The van der Waals surface area contributed by atoms with Crippen LogP contribution < -0.4 is 0 Å². The first-order chi connectivity index (χ1) is 16.4. The predicted octanol–water partition coefficient (Wildman–Crippen LogP) is 8.95. The summed E-state index contributed by atoms with van der Waals surface area (Å²) in [4.78, 5) is 13.7. The summed E-state index contributed by atoms with van der Waals surface area (Å²) in [5.74, 6) is 0.769. The van der Waals surface area contributed by atoms with E-state index in [9.17, 15) is 4.79 Å². The molecule has 0 amide bonds. The van der Waals surface area contributed by atoms with E-state index in [4.69, 9.17) is 21.1 Å². The van der Waals surface area contributed by atoms with Crippen LogP contribution in [0.2, 0.25) is 5.02 Å². The van der Waals surface area contributed by atoms with E-state index in [0.717, 1.165) is 44.5 Å². The van der Waals surface area contributed by atoms with Crippen molar-refractivity contribution in [3.63, 3.8) is 0 Å². The van der Waals surface area contributed by atoms with Crippen LogP contribution in [0.15, 0.2) is 86.0 Å². The maximum absolute atomic E-state index is 13.7. The lowest BCUT2D eigenvalue weighted by molar-refractivity contribution is -0.114. The van der Waals surface area contributed by atoms with E-state index in [0.29, 0.717) is 22.9 Å². The quantitative estimate of drug-likeness (QED) is 0.341. The second-order valence-corrected chi connectivity index (χ2v) is 11.6. The Labute approximate surface area is 211 Å². The molecule has 1 aromatic heterocycles. The van der Waals surface area contributed by atoms with E-state index >= 15 is 0 Å².